The minimum Gasteiger partial charge on any atom is -0.329 e. The van der Waals surface area contributed by atoms with Gasteiger partial charge in [0.25, 0.3) is 0 Å². The molecule has 68 valence electrons. The van der Waals surface area contributed by atoms with Gasteiger partial charge in [0.2, 0.25) is 0 Å². The molecule has 1 unspecified atom stereocenters. The van der Waals surface area contributed by atoms with Gasteiger partial charge in [-0.25, -0.2) is 0 Å². The van der Waals surface area contributed by atoms with Crippen LogP contribution in [0.1, 0.15) is 11.1 Å². The Hall–Kier alpha value is -1.33. The molecule has 0 amide bonds. The van der Waals surface area contributed by atoms with Crippen LogP contribution in [0.4, 0.5) is 0 Å². The molecule has 0 saturated carbocycles. The second-order valence-electron chi connectivity index (χ2n) is 3.19. The first-order valence-electron chi connectivity index (χ1n) is 4.42. The Balaban J connectivity index is 2.74. The van der Waals surface area contributed by atoms with Crippen molar-refractivity contribution in [1.29, 1.82) is 5.26 Å². The van der Waals surface area contributed by atoms with Gasteiger partial charge in [0, 0.05) is 6.54 Å². The first kappa shape index (κ1) is 9.76. The zero-order valence-corrected chi connectivity index (χ0v) is 7.83. The SMILES string of the molecule is Cc1ccccc1CC(C#N)CN. The second-order valence-corrected chi connectivity index (χ2v) is 3.19. The number of rotatable bonds is 3. The van der Waals surface area contributed by atoms with Gasteiger partial charge in [0.05, 0.1) is 12.0 Å². The summed E-state index contributed by atoms with van der Waals surface area (Å²) in [7, 11) is 0. The van der Waals surface area contributed by atoms with Crippen molar-refractivity contribution in [3.63, 3.8) is 0 Å². The number of benzene rings is 1. The molecule has 0 aliphatic carbocycles. The molecule has 2 N–H and O–H groups in total. The maximum absolute atomic E-state index is 8.75. The van der Waals surface area contributed by atoms with Gasteiger partial charge in [0.1, 0.15) is 0 Å². The third kappa shape index (κ3) is 2.57. The van der Waals surface area contributed by atoms with Crippen LogP contribution in [0.15, 0.2) is 24.3 Å². The average molecular weight is 174 g/mol. The standard InChI is InChI=1S/C11H14N2/c1-9-4-2-3-5-11(9)6-10(7-12)8-13/h2-5,10H,6-7,12H2,1H3. The van der Waals surface area contributed by atoms with E-state index in [-0.39, 0.29) is 5.92 Å². The largest absolute Gasteiger partial charge is 0.329 e. The first-order chi connectivity index (χ1) is 6.27. The summed E-state index contributed by atoms with van der Waals surface area (Å²) in [5.74, 6) is -0.0545. The first-order valence-corrected chi connectivity index (χ1v) is 4.42. The van der Waals surface area contributed by atoms with Gasteiger partial charge in [0.15, 0.2) is 0 Å². The van der Waals surface area contributed by atoms with Crippen LogP contribution < -0.4 is 5.73 Å². The Kier molecular flexibility index (Phi) is 3.48. The van der Waals surface area contributed by atoms with Crippen LogP contribution in [-0.4, -0.2) is 6.54 Å². The monoisotopic (exact) mass is 174 g/mol. The highest BCUT2D eigenvalue weighted by Crippen LogP contribution is 2.11. The van der Waals surface area contributed by atoms with Crippen LogP contribution in [0.5, 0.6) is 0 Å². The highest BCUT2D eigenvalue weighted by Gasteiger charge is 2.06. The van der Waals surface area contributed by atoms with Crippen LogP contribution in [0.25, 0.3) is 0 Å². The molecule has 2 heteroatoms. The molecule has 0 radical (unpaired) electrons. The Morgan fingerprint density at radius 3 is 2.69 bits per heavy atom. The summed E-state index contributed by atoms with van der Waals surface area (Å²) in [6.45, 7) is 2.49. The van der Waals surface area contributed by atoms with E-state index in [4.69, 9.17) is 11.0 Å². The predicted octanol–water partition coefficient (Wildman–Crippen LogP) is 1.64. The van der Waals surface area contributed by atoms with Crippen molar-refractivity contribution >= 4 is 0 Å². The molecule has 0 spiro atoms. The fraction of sp³-hybridized carbons (Fsp3) is 0.364. The maximum Gasteiger partial charge on any atom is 0.0672 e. The lowest BCUT2D eigenvalue weighted by molar-refractivity contribution is 0.671. The molecule has 0 fully saturated rings. The molecule has 1 atom stereocenters. The van der Waals surface area contributed by atoms with Crippen molar-refractivity contribution < 1.29 is 0 Å². The molecule has 0 bridgehead atoms. The Morgan fingerprint density at radius 1 is 1.46 bits per heavy atom. The number of nitriles is 1. The maximum atomic E-state index is 8.75. The summed E-state index contributed by atoms with van der Waals surface area (Å²) in [5.41, 5.74) is 7.91. The van der Waals surface area contributed by atoms with Crippen LogP contribution in [0.2, 0.25) is 0 Å². The van der Waals surface area contributed by atoms with Crippen molar-refractivity contribution in [3.05, 3.63) is 35.4 Å². The molecule has 0 aliphatic heterocycles. The second kappa shape index (κ2) is 4.64. The van der Waals surface area contributed by atoms with Gasteiger partial charge >= 0.3 is 0 Å². The number of nitrogens with two attached hydrogens (primary N) is 1. The van der Waals surface area contributed by atoms with Crippen molar-refractivity contribution in [2.75, 3.05) is 6.54 Å². The normalized spacial score (nSPS) is 12.1. The molecule has 2 nitrogen and oxygen atoms in total. The fourth-order valence-corrected chi connectivity index (χ4v) is 1.29. The summed E-state index contributed by atoms with van der Waals surface area (Å²) >= 11 is 0. The molecule has 1 rings (SSSR count). The lowest BCUT2D eigenvalue weighted by Gasteiger charge is -2.08. The molecule has 0 heterocycles. The molecule has 1 aromatic rings. The van der Waals surface area contributed by atoms with E-state index in [1.807, 2.05) is 12.1 Å². The summed E-state index contributed by atoms with van der Waals surface area (Å²) < 4.78 is 0. The average Bonchev–Trinajstić information content (AvgIpc) is 2.17. The van der Waals surface area contributed by atoms with Gasteiger partial charge in [-0.3, -0.25) is 0 Å². The minimum atomic E-state index is -0.0545. The van der Waals surface area contributed by atoms with E-state index in [2.05, 4.69) is 25.1 Å². The summed E-state index contributed by atoms with van der Waals surface area (Å²) in [4.78, 5) is 0. The van der Waals surface area contributed by atoms with Gasteiger partial charge < -0.3 is 5.73 Å². The van der Waals surface area contributed by atoms with E-state index >= 15 is 0 Å². The molecule has 0 saturated heterocycles. The van der Waals surface area contributed by atoms with E-state index < -0.39 is 0 Å². The summed E-state index contributed by atoms with van der Waals surface area (Å²) in [6, 6.07) is 10.3. The summed E-state index contributed by atoms with van der Waals surface area (Å²) in [6.07, 6.45) is 0.764. The summed E-state index contributed by atoms with van der Waals surface area (Å²) in [5, 5.41) is 8.75. The van der Waals surface area contributed by atoms with Gasteiger partial charge in [-0.05, 0) is 24.5 Å². The molecule has 13 heavy (non-hydrogen) atoms. The quantitative estimate of drug-likeness (QED) is 0.757. The third-order valence-corrected chi connectivity index (χ3v) is 2.19. The number of aryl methyl sites for hydroxylation is 1. The lowest BCUT2D eigenvalue weighted by atomic mass is 9.97. The van der Waals surface area contributed by atoms with E-state index in [1.54, 1.807) is 0 Å². The van der Waals surface area contributed by atoms with Crippen molar-refractivity contribution in [2.45, 2.75) is 13.3 Å². The van der Waals surface area contributed by atoms with Crippen LogP contribution in [-0.2, 0) is 6.42 Å². The highest BCUT2D eigenvalue weighted by molar-refractivity contribution is 5.26. The minimum absolute atomic E-state index is 0.0545. The smallest absolute Gasteiger partial charge is 0.0672 e. The van der Waals surface area contributed by atoms with Crippen molar-refractivity contribution in [3.8, 4) is 6.07 Å². The Labute approximate surface area is 79.0 Å². The van der Waals surface area contributed by atoms with Crippen LogP contribution in [0.3, 0.4) is 0 Å². The third-order valence-electron chi connectivity index (χ3n) is 2.19. The number of hydrogen-bond donors (Lipinski definition) is 1. The number of hydrogen-bond acceptors (Lipinski definition) is 2. The Bertz CT molecular complexity index is 312. The van der Waals surface area contributed by atoms with E-state index in [9.17, 15) is 0 Å². The van der Waals surface area contributed by atoms with E-state index in [1.165, 1.54) is 11.1 Å². The predicted molar refractivity (Wildman–Crippen MR) is 53.0 cm³/mol. The zero-order chi connectivity index (χ0) is 9.68. The van der Waals surface area contributed by atoms with Crippen molar-refractivity contribution in [2.24, 2.45) is 11.7 Å². The molecule has 1 aromatic carbocycles. The van der Waals surface area contributed by atoms with Crippen LogP contribution in [0, 0.1) is 24.2 Å². The fourth-order valence-electron chi connectivity index (χ4n) is 1.29. The molecular formula is C11H14N2. The molecular weight excluding hydrogens is 160 g/mol. The Morgan fingerprint density at radius 2 is 2.15 bits per heavy atom. The van der Waals surface area contributed by atoms with Gasteiger partial charge in [-0.2, -0.15) is 5.26 Å². The zero-order valence-electron chi connectivity index (χ0n) is 7.83. The molecule has 0 aromatic heterocycles. The topological polar surface area (TPSA) is 49.8 Å². The molecule has 0 aliphatic rings. The van der Waals surface area contributed by atoms with E-state index in [0.717, 1.165) is 6.42 Å². The highest BCUT2D eigenvalue weighted by atomic mass is 14.5. The van der Waals surface area contributed by atoms with E-state index in [0.29, 0.717) is 6.54 Å². The van der Waals surface area contributed by atoms with Crippen molar-refractivity contribution in [1.82, 2.24) is 0 Å². The number of nitrogens with zero attached hydrogens (tertiary/aromatic N) is 1. The van der Waals surface area contributed by atoms with Crippen LogP contribution >= 0.6 is 0 Å². The van der Waals surface area contributed by atoms with Gasteiger partial charge in [-0.1, -0.05) is 24.3 Å². The van der Waals surface area contributed by atoms with Gasteiger partial charge in [-0.15, -0.1) is 0 Å². The lowest BCUT2D eigenvalue weighted by Crippen LogP contribution is -2.15.